The van der Waals surface area contributed by atoms with Crippen LogP contribution in [0.1, 0.15) is 20.7 Å². The first-order valence-electron chi connectivity index (χ1n) is 7.31. The van der Waals surface area contributed by atoms with E-state index in [-0.39, 0.29) is 11.4 Å². The first-order chi connectivity index (χ1) is 12.5. The van der Waals surface area contributed by atoms with Gasteiger partial charge in [-0.2, -0.15) is 0 Å². The molecule has 0 aliphatic heterocycles. The zero-order chi connectivity index (χ0) is 19.1. The second-order valence-electron chi connectivity index (χ2n) is 4.95. The maximum Gasteiger partial charge on any atom is 0.339 e. The minimum Gasteiger partial charge on any atom is -0.478 e. The maximum absolute atomic E-state index is 12.2. The van der Waals surface area contributed by atoms with Crippen molar-refractivity contribution in [3.05, 3.63) is 70.1 Å². The standard InChI is InChI=1S/C11H9ClN2O2S.C7H5FO/c1-13-10-9(11(15)16)7(5-17-10)6-2-3-8(12)14-4-6;8-7-3-1-2-6(4-7)5-9/h2-5,13H,1H3,(H,15,16);1-5H. The van der Waals surface area contributed by atoms with E-state index in [9.17, 15) is 19.1 Å². The van der Waals surface area contributed by atoms with Crippen molar-refractivity contribution in [3.63, 3.8) is 0 Å². The van der Waals surface area contributed by atoms with Gasteiger partial charge in [0.15, 0.2) is 0 Å². The fourth-order valence-electron chi connectivity index (χ4n) is 2.08. The number of halogens is 2. The van der Waals surface area contributed by atoms with E-state index in [1.807, 2.05) is 0 Å². The van der Waals surface area contributed by atoms with Gasteiger partial charge in [0.25, 0.3) is 0 Å². The highest BCUT2D eigenvalue weighted by Crippen LogP contribution is 2.35. The van der Waals surface area contributed by atoms with Crippen LogP contribution < -0.4 is 5.32 Å². The predicted molar refractivity (Wildman–Crippen MR) is 101 cm³/mol. The Morgan fingerprint density at radius 1 is 1.35 bits per heavy atom. The smallest absolute Gasteiger partial charge is 0.339 e. The number of nitrogens with zero attached hydrogens (tertiary/aromatic N) is 1. The molecule has 3 aromatic rings. The number of rotatable bonds is 4. The van der Waals surface area contributed by atoms with E-state index >= 15 is 0 Å². The summed E-state index contributed by atoms with van der Waals surface area (Å²) < 4.78 is 12.2. The van der Waals surface area contributed by atoms with Gasteiger partial charge in [-0.25, -0.2) is 14.2 Å². The lowest BCUT2D eigenvalue weighted by Crippen LogP contribution is -2.01. The summed E-state index contributed by atoms with van der Waals surface area (Å²) in [5.74, 6) is -1.33. The molecule has 2 aromatic heterocycles. The quantitative estimate of drug-likeness (QED) is 0.490. The summed E-state index contributed by atoms with van der Waals surface area (Å²) >= 11 is 7.05. The van der Waals surface area contributed by atoms with Gasteiger partial charge in [0, 0.05) is 35.3 Å². The van der Waals surface area contributed by atoms with Crippen molar-refractivity contribution in [1.29, 1.82) is 0 Å². The number of hydrogen-bond acceptors (Lipinski definition) is 5. The summed E-state index contributed by atoms with van der Waals surface area (Å²) in [7, 11) is 1.70. The van der Waals surface area contributed by atoms with Crippen molar-refractivity contribution >= 4 is 40.2 Å². The molecule has 0 atom stereocenters. The highest BCUT2D eigenvalue weighted by atomic mass is 35.5. The third kappa shape index (κ3) is 4.87. The molecule has 26 heavy (non-hydrogen) atoms. The lowest BCUT2D eigenvalue weighted by molar-refractivity contribution is 0.0699. The Labute approximate surface area is 158 Å². The minimum atomic E-state index is -0.958. The molecule has 0 saturated heterocycles. The molecule has 0 saturated carbocycles. The summed E-state index contributed by atoms with van der Waals surface area (Å²) in [5, 5.41) is 14.9. The summed E-state index contributed by atoms with van der Waals surface area (Å²) in [6.07, 6.45) is 2.18. The van der Waals surface area contributed by atoms with Gasteiger partial charge in [0.05, 0.1) is 0 Å². The molecule has 2 heterocycles. The number of nitrogens with one attached hydrogen (secondary N) is 1. The molecule has 0 spiro atoms. The van der Waals surface area contributed by atoms with Crippen LogP contribution in [0.5, 0.6) is 0 Å². The Morgan fingerprint density at radius 3 is 2.62 bits per heavy atom. The van der Waals surface area contributed by atoms with Crippen LogP contribution in [0, 0.1) is 5.82 Å². The fraction of sp³-hybridized carbons (Fsp3) is 0.0556. The van der Waals surface area contributed by atoms with Crippen LogP contribution in [-0.2, 0) is 0 Å². The van der Waals surface area contributed by atoms with Crippen molar-refractivity contribution in [2.75, 3.05) is 12.4 Å². The van der Waals surface area contributed by atoms with Gasteiger partial charge in [-0.05, 0) is 24.3 Å². The maximum atomic E-state index is 12.2. The van der Waals surface area contributed by atoms with E-state index < -0.39 is 5.97 Å². The van der Waals surface area contributed by atoms with E-state index in [2.05, 4.69) is 10.3 Å². The molecule has 0 radical (unpaired) electrons. The van der Waals surface area contributed by atoms with Crippen LogP contribution in [0.4, 0.5) is 9.39 Å². The van der Waals surface area contributed by atoms with Crippen molar-refractivity contribution < 1.29 is 19.1 Å². The van der Waals surface area contributed by atoms with E-state index in [1.165, 1.54) is 29.5 Å². The summed E-state index contributed by atoms with van der Waals surface area (Å²) in [6.45, 7) is 0. The Balaban J connectivity index is 0.000000228. The number of pyridine rings is 1. The molecule has 0 unspecified atom stereocenters. The number of aldehydes is 1. The molecular weight excluding hydrogens is 379 g/mol. The molecular formula is C18H14ClFN2O3S. The minimum absolute atomic E-state index is 0.265. The number of carbonyl (C=O) groups is 2. The number of hydrogen-bond donors (Lipinski definition) is 2. The van der Waals surface area contributed by atoms with Crippen molar-refractivity contribution in [1.82, 2.24) is 4.98 Å². The first kappa shape index (κ1) is 19.6. The summed E-state index contributed by atoms with van der Waals surface area (Å²) in [5.41, 5.74) is 2.03. The predicted octanol–water partition coefficient (Wildman–Crippen LogP) is 4.84. The number of benzene rings is 1. The SMILES string of the molecule is CNc1scc(-c2ccc(Cl)nc2)c1C(=O)O.O=Cc1cccc(F)c1. The average molecular weight is 393 g/mol. The zero-order valence-electron chi connectivity index (χ0n) is 13.6. The van der Waals surface area contributed by atoms with E-state index in [1.54, 1.807) is 36.8 Å². The zero-order valence-corrected chi connectivity index (χ0v) is 15.1. The second kappa shape index (κ2) is 9.07. The lowest BCUT2D eigenvalue weighted by atomic mass is 10.1. The molecule has 1 aromatic carbocycles. The number of aromatic nitrogens is 1. The second-order valence-corrected chi connectivity index (χ2v) is 6.22. The number of carboxylic acid groups (broad SMARTS) is 1. The van der Waals surface area contributed by atoms with Crippen LogP contribution in [0.25, 0.3) is 11.1 Å². The van der Waals surface area contributed by atoms with E-state index in [0.717, 1.165) is 5.56 Å². The first-order valence-corrected chi connectivity index (χ1v) is 8.57. The van der Waals surface area contributed by atoms with Gasteiger partial charge in [-0.15, -0.1) is 11.3 Å². The molecule has 134 valence electrons. The number of aromatic carboxylic acids is 1. The Morgan fingerprint density at radius 2 is 2.12 bits per heavy atom. The molecule has 0 aliphatic carbocycles. The van der Waals surface area contributed by atoms with Crippen LogP contribution >= 0.6 is 22.9 Å². The Kier molecular flexibility index (Phi) is 6.82. The highest BCUT2D eigenvalue weighted by molar-refractivity contribution is 7.15. The molecule has 3 rings (SSSR count). The molecule has 0 amide bonds. The number of thiophene rings is 1. The van der Waals surface area contributed by atoms with Gasteiger partial charge >= 0.3 is 5.97 Å². The van der Waals surface area contributed by atoms with Crippen LogP contribution in [0.2, 0.25) is 5.15 Å². The van der Waals surface area contributed by atoms with Crippen LogP contribution in [-0.4, -0.2) is 29.4 Å². The summed E-state index contributed by atoms with van der Waals surface area (Å²) in [4.78, 5) is 25.2. The number of anilines is 1. The molecule has 0 bridgehead atoms. The average Bonchev–Trinajstić information content (AvgIpc) is 3.07. The van der Waals surface area contributed by atoms with Gasteiger partial charge in [0.2, 0.25) is 0 Å². The Bertz CT molecular complexity index is 913. The third-order valence-corrected chi connectivity index (χ3v) is 4.48. The Hall–Kier alpha value is -2.77. The molecule has 8 heteroatoms. The molecule has 0 fully saturated rings. The largest absolute Gasteiger partial charge is 0.478 e. The van der Waals surface area contributed by atoms with E-state index in [4.69, 9.17) is 11.6 Å². The lowest BCUT2D eigenvalue weighted by Gasteiger charge is -2.02. The molecule has 2 N–H and O–H groups in total. The normalized spacial score (nSPS) is 9.81. The fourth-order valence-corrected chi connectivity index (χ4v) is 3.12. The van der Waals surface area contributed by atoms with Crippen LogP contribution in [0.15, 0.2) is 48.0 Å². The number of carboxylic acids is 1. The van der Waals surface area contributed by atoms with Gasteiger partial charge in [-0.1, -0.05) is 23.7 Å². The molecule has 0 aliphatic rings. The van der Waals surface area contributed by atoms with Crippen molar-refractivity contribution in [3.8, 4) is 11.1 Å². The monoisotopic (exact) mass is 392 g/mol. The summed E-state index contributed by atoms with van der Waals surface area (Å²) in [6, 6.07) is 8.93. The molecule has 5 nitrogen and oxygen atoms in total. The van der Waals surface area contributed by atoms with Gasteiger partial charge in [0.1, 0.15) is 27.8 Å². The van der Waals surface area contributed by atoms with E-state index in [0.29, 0.717) is 27.6 Å². The number of carbonyl (C=O) groups excluding carboxylic acids is 1. The van der Waals surface area contributed by atoms with Crippen molar-refractivity contribution in [2.24, 2.45) is 0 Å². The van der Waals surface area contributed by atoms with Crippen LogP contribution in [0.3, 0.4) is 0 Å². The topological polar surface area (TPSA) is 79.3 Å². The van der Waals surface area contributed by atoms with Gasteiger partial charge < -0.3 is 10.4 Å². The highest BCUT2D eigenvalue weighted by Gasteiger charge is 2.18. The van der Waals surface area contributed by atoms with Gasteiger partial charge in [-0.3, -0.25) is 4.79 Å². The third-order valence-electron chi connectivity index (χ3n) is 3.26. The van der Waals surface area contributed by atoms with Crippen molar-refractivity contribution in [2.45, 2.75) is 0 Å².